The van der Waals surface area contributed by atoms with Crippen molar-refractivity contribution in [1.29, 1.82) is 0 Å². The molecule has 4 amide bonds. The van der Waals surface area contributed by atoms with E-state index >= 15 is 0 Å². The first-order valence-electron chi connectivity index (χ1n) is 23.3. The SMILES string of the molecule is C=C[C@@H]1C[C@]1(NC(=O)[C@@H]1C[C@@H]2CN1C(=O)[C@H](C(C)(C)C)NC(=O)O[C@@H]1C[C@H]1CCCCCc1c(nc3ccccc3c1OCCCNC1CCCC1)O2)C(=O)NS(=O)(=O)C1(C)CC1. The van der Waals surface area contributed by atoms with Crippen molar-refractivity contribution in [3.63, 3.8) is 0 Å². The zero-order valence-electron chi connectivity index (χ0n) is 37.3. The Kier molecular flexibility index (Phi) is 12.8. The minimum atomic E-state index is -4.01. The average molecular weight is 891 g/mol. The molecule has 2 bridgehead atoms. The maximum atomic E-state index is 14.9. The second-order valence-corrected chi connectivity index (χ2v) is 22.4. The number of pyridine rings is 1. The molecule has 6 aliphatic rings. The van der Waals surface area contributed by atoms with Gasteiger partial charge in [0.2, 0.25) is 27.7 Å². The summed E-state index contributed by atoms with van der Waals surface area (Å²) in [6.07, 6.45) is 11.7. The lowest BCUT2D eigenvalue weighted by Crippen LogP contribution is -2.60. The number of carbonyl (C=O) groups is 4. The number of sulfonamides is 1. The number of aromatic nitrogens is 1. The Bertz CT molecular complexity index is 2200. The van der Waals surface area contributed by atoms with Gasteiger partial charge in [0.15, 0.2) is 0 Å². The van der Waals surface area contributed by atoms with Gasteiger partial charge in [0.1, 0.15) is 35.6 Å². The lowest BCUT2D eigenvalue weighted by molar-refractivity contribution is -0.142. The van der Waals surface area contributed by atoms with E-state index in [0.717, 1.165) is 61.8 Å². The van der Waals surface area contributed by atoms with Crippen molar-refractivity contribution in [2.24, 2.45) is 17.3 Å². The molecular weight excluding hydrogens is 825 g/mol. The number of nitrogens with zero attached hydrogens (tertiary/aromatic N) is 2. The molecule has 1 aromatic heterocycles. The maximum Gasteiger partial charge on any atom is 0.408 e. The van der Waals surface area contributed by atoms with Gasteiger partial charge in [-0.2, -0.15) is 0 Å². The molecule has 7 atom stereocenters. The number of para-hydroxylation sites is 1. The van der Waals surface area contributed by atoms with Crippen LogP contribution >= 0.6 is 0 Å². The Balaban J connectivity index is 1.11. The Hall–Kier alpha value is -4.44. The number of amides is 4. The molecule has 2 aliphatic heterocycles. The monoisotopic (exact) mass is 890 g/mol. The second-order valence-electron chi connectivity index (χ2n) is 20.2. The minimum absolute atomic E-state index is 0.0291. The molecule has 1 saturated heterocycles. The molecule has 15 nitrogen and oxygen atoms in total. The smallest absolute Gasteiger partial charge is 0.408 e. The van der Waals surface area contributed by atoms with Crippen molar-refractivity contribution in [3.05, 3.63) is 42.5 Å². The third-order valence-corrected chi connectivity index (χ3v) is 16.4. The summed E-state index contributed by atoms with van der Waals surface area (Å²) in [6, 6.07) is 6.15. The topological polar surface area (TPSA) is 194 Å². The van der Waals surface area contributed by atoms with Gasteiger partial charge in [-0.1, -0.05) is 64.7 Å². The molecule has 8 rings (SSSR count). The van der Waals surface area contributed by atoms with E-state index in [4.69, 9.17) is 19.2 Å². The third-order valence-electron chi connectivity index (χ3n) is 14.3. The number of carbonyl (C=O) groups excluding carboxylic acids is 4. The van der Waals surface area contributed by atoms with Gasteiger partial charge in [0, 0.05) is 23.8 Å². The van der Waals surface area contributed by atoms with Gasteiger partial charge < -0.3 is 35.1 Å². The summed E-state index contributed by atoms with van der Waals surface area (Å²) in [7, 11) is -4.01. The van der Waals surface area contributed by atoms with Crippen molar-refractivity contribution >= 4 is 44.7 Å². The summed E-state index contributed by atoms with van der Waals surface area (Å²) in [4.78, 5) is 63.2. The standard InChI is InChI=1S/C47H66N6O9S/c1-6-30-27-47(30,43(56)52-63(58,59)46(5)21-22-46)51-40(54)36-26-32-28-53(36)42(55)39(45(2,3)4)50-44(57)62-37-25-29(37)15-8-7-9-19-34-38(60-24-14-23-48-31-16-10-11-17-31)33-18-12-13-20-35(33)49-41(34)61-32/h6,12-13,18,20,29-32,36-37,39,48H,1,7-11,14-17,19,21-28H2,2-5H3,(H,50,57)(H,51,54)(H,52,56)/t29-,30-,32-,36+,37-,39-,47-/m1/s1. The van der Waals surface area contributed by atoms with Crippen LogP contribution in [0.1, 0.15) is 123 Å². The number of hydrogen-bond acceptors (Lipinski definition) is 11. The van der Waals surface area contributed by atoms with Gasteiger partial charge in [-0.05, 0) is 101 Å². The van der Waals surface area contributed by atoms with Crippen LogP contribution in [0.4, 0.5) is 4.79 Å². The van der Waals surface area contributed by atoms with E-state index in [1.54, 1.807) is 6.92 Å². The van der Waals surface area contributed by atoms with Gasteiger partial charge >= 0.3 is 6.09 Å². The van der Waals surface area contributed by atoms with Crippen LogP contribution < -0.4 is 30.1 Å². The van der Waals surface area contributed by atoms with E-state index in [9.17, 15) is 27.6 Å². The number of nitrogens with one attached hydrogen (secondary N) is 4. The van der Waals surface area contributed by atoms with Crippen LogP contribution in [-0.4, -0.2) is 102 Å². The van der Waals surface area contributed by atoms with Crippen LogP contribution in [0, 0.1) is 17.3 Å². The molecular formula is C47H66N6O9S. The van der Waals surface area contributed by atoms with Crippen molar-refractivity contribution in [1.82, 2.24) is 30.6 Å². The van der Waals surface area contributed by atoms with Crippen LogP contribution in [0.15, 0.2) is 36.9 Å². The molecule has 4 saturated carbocycles. The Morgan fingerprint density at radius 3 is 2.51 bits per heavy atom. The van der Waals surface area contributed by atoms with Crippen LogP contribution in [-0.2, 0) is 35.6 Å². The molecule has 4 aliphatic carbocycles. The number of hydrogen-bond donors (Lipinski definition) is 4. The average Bonchev–Trinajstić information content (AvgIpc) is 4.18. The van der Waals surface area contributed by atoms with Gasteiger partial charge in [-0.25, -0.2) is 18.2 Å². The molecule has 3 heterocycles. The molecule has 0 spiro atoms. The van der Waals surface area contributed by atoms with E-state index in [-0.39, 0.29) is 31.4 Å². The lowest BCUT2D eigenvalue weighted by Gasteiger charge is -2.35. The van der Waals surface area contributed by atoms with Crippen LogP contribution in [0.25, 0.3) is 10.9 Å². The van der Waals surface area contributed by atoms with E-state index in [1.807, 2.05) is 45.0 Å². The first-order valence-corrected chi connectivity index (χ1v) is 24.7. The van der Waals surface area contributed by atoms with Crippen molar-refractivity contribution in [2.75, 3.05) is 19.7 Å². The largest absolute Gasteiger partial charge is 0.492 e. The fourth-order valence-electron chi connectivity index (χ4n) is 9.67. The molecule has 1 aromatic carbocycles. The Morgan fingerprint density at radius 2 is 1.79 bits per heavy atom. The number of alkyl carbamates (subject to hydrolysis) is 1. The lowest BCUT2D eigenvalue weighted by atomic mass is 9.85. The highest BCUT2D eigenvalue weighted by atomic mass is 32.2. The number of benzene rings is 1. The highest BCUT2D eigenvalue weighted by Crippen LogP contribution is 2.47. The summed E-state index contributed by atoms with van der Waals surface area (Å²) in [5.41, 5.74) is -0.843. The summed E-state index contributed by atoms with van der Waals surface area (Å²) in [5.74, 6) is -1.17. The molecule has 2 aromatic rings. The van der Waals surface area contributed by atoms with Gasteiger partial charge in [-0.3, -0.25) is 19.1 Å². The molecule has 63 heavy (non-hydrogen) atoms. The van der Waals surface area contributed by atoms with Gasteiger partial charge in [0.05, 0.1) is 29.0 Å². The third kappa shape index (κ3) is 9.81. The summed E-state index contributed by atoms with van der Waals surface area (Å²) in [6.45, 7) is 12.2. The van der Waals surface area contributed by atoms with Crippen molar-refractivity contribution in [3.8, 4) is 11.6 Å². The molecule has 16 heteroatoms. The molecule has 4 N–H and O–H groups in total. The van der Waals surface area contributed by atoms with E-state index < -0.39 is 73.6 Å². The fourth-order valence-corrected chi connectivity index (χ4v) is 11.0. The maximum absolute atomic E-state index is 14.9. The zero-order chi connectivity index (χ0) is 44.7. The number of rotatable bonds is 12. The number of ether oxygens (including phenoxy) is 3. The molecule has 5 fully saturated rings. The van der Waals surface area contributed by atoms with E-state index in [2.05, 4.69) is 27.3 Å². The van der Waals surface area contributed by atoms with Crippen molar-refractivity contribution < 1.29 is 41.8 Å². The van der Waals surface area contributed by atoms with Crippen LogP contribution in [0.3, 0.4) is 0 Å². The van der Waals surface area contributed by atoms with Gasteiger partial charge in [-0.15, -0.1) is 6.58 Å². The summed E-state index contributed by atoms with van der Waals surface area (Å²) < 4.78 is 46.9. The quantitative estimate of drug-likeness (QED) is 0.153. The molecule has 344 valence electrons. The highest BCUT2D eigenvalue weighted by molar-refractivity contribution is 7.91. The summed E-state index contributed by atoms with van der Waals surface area (Å²) >= 11 is 0. The Morgan fingerprint density at radius 1 is 1.05 bits per heavy atom. The fraction of sp³-hybridized carbons (Fsp3) is 0.681. The van der Waals surface area contributed by atoms with Crippen molar-refractivity contribution in [2.45, 2.75) is 165 Å². The predicted octanol–water partition coefficient (Wildman–Crippen LogP) is 5.59. The van der Waals surface area contributed by atoms with Crippen LogP contribution in [0.5, 0.6) is 11.6 Å². The highest BCUT2D eigenvalue weighted by Gasteiger charge is 2.63. The Labute approximate surface area is 371 Å². The predicted molar refractivity (Wildman–Crippen MR) is 237 cm³/mol. The summed E-state index contributed by atoms with van der Waals surface area (Å²) in [5, 5.41) is 10.3. The first-order chi connectivity index (χ1) is 30.0. The second kappa shape index (κ2) is 17.9. The van der Waals surface area contributed by atoms with E-state index in [0.29, 0.717) is 43.3 Å². The van der Waals surface area contributed by atoms with E-state index in [1.165, 1.54) is 36.7 Å². The number of fused-ring (bicyclic) bond motifs is 5. The molecule has 0 radical (unpaired) electrons. The first kappa shape index (κ1) is 45.1. The molecule has 0 unspecified atom stereocenters. The minimum Gasteiger partial charge on any atom is -0.492 e. The van der Waals surface area contributed by atoms with Crippen LogP contribution in [0.2, 0.25) is 0 Å². The van der Waals surface area contributed by atoms with Gasteiger partial charge in [0.25, 0.3) is 5.91 Å². The zero-order valence-corrected chi connectivity index (χ0v) is 38.2. The normalized spacial score (nSPS) is 29.7.